The molecule has 4 heteroatoms. The largest absolute Gasteiger partial charge is 0.394 e. The molecule has 0 saturated carbocycles. The lowest BCUT2D eigenvalue weighted by Crippen LogP contribution is -2.49. The average molecular weight is 145 g/mol. The number of carbonyl (C=O) groups excluding carboxylic acids is 1. The van der Waals surface area contributed by atoms with E-state index in [1.54, 1.807) is 0 Å². The van der Waals surface area contributed by atoms with E-state index in [1.807, 2.05) is 0 Å². The summed E-state index contributed by atoms with van der Waals surface area (Å²) in [5.74, 6) is -0.0932. The van der Waals surface area contributed by atoms with Gasteiger partial charge in [-0.25, -0.2) is 0 Å². The van der Waals surface area contributed by atoms with E-state index in [4.69, 9.17) is 10.2 Å². The van der Waals surface area contributed by atoms with Crippen LogP contribution in [0.5, 0.6) is 0 Å². The van der Waals surface area contributed by atoms with Gasteiger partial charge in [-0.1, -0.05) is 0 Å². The molecule has 0 spiro atoms. The van der Waals surface area contributed by atoms with E-state index in [-0.39, 0.29) is 12.5 Å². The Balaban J connectivity index is 2.45. The van der Waals surface area contributed by atoms with Crippen LogP contribution < -0.4 is 5.32 Å². The Bertz CT molecular complexity index is 137. The number of aliphatic hydroxyl groups is 2. The molecule has 0 unspecified atom stereocenters. The van der Waals surface area contributed by atoms with Crippen LogP contribution in [-0.2, 0) is 4.79 Å². The van der Waals surface area contributed by atoms with Crippen molar-refractivity contribution in [1.29, 1.82) is 0 Å². The van der Waals surface area contributed by atoms with Crippen molar-refractivity contribution in [3.8, 4) is 0 Å². The zero-order valence-corrected chi connectivity index (χ0v) is 5.58. The van der Waals surface area contributed by atoms with Crippen LogP contribution in [0, 0.1) is 0 Å². The molecule has 0 radical (unpaired) electrons. The van der Waals surface area contributed by atoms with Crippen LogP contribution in [0.25, 0.3) is 0 Å². The second-order valence-electron chi connectivity index (χ2n) is 2.46. The third kappa shape index (κ3) is 1.46. The standard InChI is InChI=1S/C6H11NO3/c8-3-4-5(9)1-2-6(10)7-4/h4-5,8-9H,1-3H2,(H,7,10)/t4-,5-/m1/s1. The first-order chi connectivity index (χ1) is 4.74. The lowest BCUT2D eigenvalue weighted by atomic mass is 10.0. The Morgan fingerprint density at radius 1 is 1.70 bits per heavy atom. The Labute approximate surface area is 58.9 Å². The van der Waals surface area contributed by atoms with Crippen molar-refractivity contribution in [3.63, 3.8) is 0 Å². The number of carbonyl (C=O) groups is 1. The number of rotatable bonds is 1. The summed E-state index contributed by atoms with van der Waals surface area (Å²) in [6, 6.07) is -0.457. The maximum absolute atomic E-state index is 10.6. The minimum Gasteiger partial charge on any atom is -0.394 e. The fourth-order valence-corrected chi connectivity index (χ4v) is 1.02. The number of hydrogen-bond donors (Lipinski definition) is 3. The van der Waals surface area contributed by atoms with Gasteiger partial charge in [0.15, 0.2) is 0 Å². The highest BCUT2D eigenvalue weighted by Gasteiger charge is 2.25. The van der Waals surface area contributed by atoms with Crippen molar-refractivity contribution in [3.05, 3.63) is 0 Å². The van der Waals surface area contributed by atoms with Crippen LogP contribution in [-0.4, -0.2) is 34.9 Å². The molecule has 4 nitrogen and oxygen atoms in total. The normalized spacial score (nSPS) is 33.6. The molecule has 0 bridgehead atoms. The minimum atomic E-state index is -0.581. The average Bonchev–Trinajstić information content (AvgIpc) is 1.94. The third-order valence-corrected chi connectivity index (χ3v) is 1.67. The Hall–Kier alpha value is -0.610. The van der Waals surface area contributed by atoms with Gasteiger partial charge >= 0.3 is 0 Å². The molecule has 1 heterocycles. The van der Waals surface area contributed by atoms with E-state index in [9.17, 15) is 4.79 Å². The lowest BCUT2D eigenvalue weighted by Gasteiger charge is -2.26. The molecule has 0 aromatic carbocycles. The molecule has 1 saturated heterocycles. The van der Waals surface area contributed by atoms with E-state index in [1.165, 1.54) is 0 Å². The molecular formula is C6H11NO3. The first kappa shape index (κ1) is 7.50. The fourth-order valence-electron chi connectivity index (χ4n) is 1.02. The Morgan fingerprint density at radius 3 is 2.90 bits per heavy atom. The number of aliphatic hydroxyl groups excluding tert-OH is 2. The van der Waals surface area contributed by atoms with E-state index in [0.29, 0.717) is 12.8 Å². The van der Waals surface area contributed by atoms with Gasteiger partial charge < -0.3 is 15.5 Å². The van der Waals surface area contributed by atoms with E-state index in [0.717, 1.165) is 0 Å². The predicted molar refractivity (Wildman–Crippen MR) is 34.3 cm³/mol. The monoisotopic (exact) mass is 145 g/mol. The summed E-state index contributed by atoms with van der Waals surface area (Å²) >= 11 is 0. The minimum absolute atomic E-state index is 0.0932. The van der Waals surface area contributed by atoms with E-state index < -0.39 is 12.1 Å². The van der Waals surface area contributed by atoms with Gasteiger partial charge in [-0.15, -0.1) is 0 Å². The number of amides is 1. The second-order valence-corrected chi connectivity index (χ2v) is 2.46. The first-order valence-electron chi connectivity index (χ1n) is 3.32. The van der Waals surface area contributed by atoms with Gasteiger partial charge in [-0.05, 0) is 6.42 Å². The summed E-state index contributed by atoms with van der Waals surface area (Å²) in [7, 11) is 0. The molecule has 0 aromatic heterocycles. The van der Waals surface area contributed by atoms with Gasteiger partial charge in [0.25, 0.3) is 0 Å². The smallest absolute Gasteiger partial charge is 0.220 e. The SMILES string of the molecule is O=C1CC[C@@H](O)[C@@H](CO)N1. The molecule has 0 aromatic rings. The predicted octanol–water partition coefficient (Wildman–Crippen LogP) is -1.38. The lowest BCUT2D eigenvalue weighted by molar-refractivity contribution is -0.126. The van der Waals surface area contributed by atoms with Crippen LogP contribution in [0.3, 0.4) is 0 Å². The quantitative estimate of drug-likeness (QED) is 0.426. The Morgan fingerprint density at radius 2 is 2.40 bits per heavy atom. The van der Waals surface area contributed by atoms with Crippen LogP contribution in [0.15, 0.2) is 0 Å². The van der Waals surface area contributed by atoms with E-state index >= 15 is 0 Å². The number of piperidine rings is 1. The summed E-state index contributed by atoms with van der Waals surface area (Å²) in [4.78, 5) is 10.6. The van der Waals surface area contributed by atoms with Gasteiger partial charge in [0.05, 0.1) is 18.8 Å². The van der Waals surface area contributed by atoms with Gasteiger partial charge in [0, 0.05) is 6.42 Å². The number of hydrogen-bond acceptors (Lipinski definition) is 3. The van der Waals surface area contributed by atoms with Crippen LogP contribution >= 0.6 is 0 Å². The summed E-state index contributed by atoms with van der Waals surface area (Å²) in [5.41, 5.74) is 0. The van der Waals surface area contributed by atoms with Crippen molar-refractivity contribution in [1.82, 2.24) is 5.32 Å². The van der Waals surface area contributed by atoms with Crippen LogP contribution in [0.2, 0.25) is 0 Å². The van der Waals surface area contributed by atoms with Gasteiger partial charge in [0.2, 0.25) is 5.91 Å². The van der Waals surface area contributed by atoms with E-state index in [2.05, 4.69) is 5.32 Å². The van der Waals surface area contributed by atoms with Gasteiger partial charge in [0.1, 0.15) is 0 Å². The molecule has 1 aliphatic heterocycles. The maximum atomic E-state index is 10.6. The molecule has 58 valence electrons. The molecular weight excluding hydrogens is 134 g/mol. The topological polar surface area (TPSA) is 69.6 Å². The molecule has 1 fully saturated rings. The Kier molecular flexibility index (Phi) is 2.24. The fraction of sp³-hybridized carbons (Fsp3) is 0.833. The van der Waals surface area contributed by atoms with Crippen LogP contribution in [0.1, 0.15) is 12.8 Å². The third-order valence-electron chi connectivity index (χ3n) is 1.67. The first-order valence-corrected chi connectivity index (χ1v) is 3.32. The highest BCUT2D eigenvalue weighted by molar-refractivity contribution is 5.77. The second kappa shape index (κ2) is 2.98. The summed E-state index contributed by atoms with van der Waals surface area (Å²) < 4.78 is 0. The molecule has 1 amide bonds. The summed E-state index contributed by atoms with van der Waals surface area (Å²) in [6.45, 7) is -0.188. The zero-order chi connectivity index (χ0) is 7.56. The van der Waals surface area contributed by atoms with Crippen LogP contribution in [0.4, 0.5) is 0 Å². The molecule has 3 N–H and O–H groups in total. The van der Waals surface area contributed by atoms with Gasteiger partial charge in [-0.3, -0.25) is 4.79 Å². The maximum Gasteiger partial charge on any atom is 0.220 e. The molecule has 1 aliphatic rings. The summed E-state index contributed by atoms with van der Waals surface area (Å²) in [5, 5.41) is 20.2. The molecule has 0 aliphatic carbocycles. The zero-order valence-electron chi connectivity index (χ0n) is 5.58. The number of nitrogens with one attached hydrogen (secondary N) is 1. The van der Waals surface area contributed by atoms with Crippen molar-refractivity contribution in [2.24, 2.45) is 0 Å². The molecule has 2 atom stereocenters. The molecule has 1 rings (SSSR count). The highest BCUT2D eigenvalue weighted by Crippen LogP contribution is 2.08. The van der Waals surface area contributed by atoms with Crippen molar-refractivity contribution in [2.75, 3.05) is 6.61 Å². The summed E-state index contributed by atoms with van der Waals surface area (Å²) in [6.07, 6.45) is 0.233. The van der Waals surface area contributed by atoms with Crippen molar-refractivity contribution in [2.45, 2.75) is 25.0 Å². The van der Waals surface area contributed by atoms with Crippen molar-refractivity contribution < 1.29 is 15.0 Å². The van der Waals surface area contributed by atoms with Gasteiger partial charge in [-0.2, -0.15) is 0 Å². The van der Waals surface area contributed by atoms with Crippen molar-refractivity contribution >= 4 is 5.91 Å². The highest BCUT2D eigenvalue weighted by atomic mass is 16.3. The molecule has 10 heavy (non-hydrogen) atoms.